The zero-order chi connectivity index (χ0) is 11.0. The van der Waals surface area contributed by atoms with E-state index in [4.69, 9.17) is 9.47 Å². The predicted octanol–water partition coefficient (Wildman–Crippen LogP) is 1.99. The van der Waals surface area contributed by atoms with Crippen LogP contribution in [0, 0.1) is 0 Å². The lowest BCUT2D eigenvalue weighted by atomic mass is 10.1. The van der Waals surface area contributed by atoms with Crippen molar-refractivity contribution in [2.45, 2.75) is 6.29 Å². The Kier molecular flexibility index (Phi) is 2.23. The van der Waals surface area contributed by atoms with Crippen LogP contribution in [0.1, 0.15) is 11.9 Å². The van der Waals surface area contributed by atoms with E-state index in [1.807, 2.05) is 6.07 Å². The van der Waals surface area contributed by atoms with Crippen molar-refractivity contribution in [1.29, 1.82) is 0 Å². The van der Waals surface area contributed by atoms with E-state index in [0.717, 1.165) is 16.5 Å². The summed E-state index contributed by atoms with van der Waals surface area (Å²) in [6.45, 7) is 1.23. The second-order valence-electron chi connectivity index (χ2n) is 3.72. The molecule has 1 fully saturated rings. The molecule has 1 aromatic carbocycles. The van der Waals surface area contributed by atoms with E-state index in [0.29, 0.717) is 13.2 Å². The van der Waals surface area contributed by atoms with E-state index in [1.165, 1.54) is 0 Å². The minimum absolute atomic E-state index is 0.236. The number of phenols is 1. The third-order valence-electron chi connectivity index (χ3n) is 2.58. The highest BCUT2D eigenvalue weighted by molar-refractivity contribution is 5.80. The normalized spacial score (nSPS) is 17.0. The van der Waals surface area contributed by atoms with E-state index in [-0.39, 0.29) is 12.0 Å². The van der Waals surface area contributed by atoms with Crippen LogP contribution in [0.3, 0.4) is 0 Å². The van der Waals surface area contributed by atoms with Crippen molar-refractivity contribution in [3.63, 3.8) is 0 Å². The first-order chi connectivity index (χ1) is 7.83. The van der Waals surface area contributed by atoms with Crippen molar-refractivity contribution >= 4 is 10.9 Å². The van der Waals surface area contributed by atoms with Gasteiger partial charge in [-0.1, -0.05) is 0 Å². The average Bonchev–Trinajstić information content (AvgIpc) is 2.81. The molecule has 1 aromatic heterocycles. The second kappa shape index (κ2) is 3.73. The molecule has 2 aromatic rings. The fourth-order valence-electron chi connectivity index (χ4n) is 1.82. The molecular weight excluding hydrogens is 206 g/mol. The Balaban J connectivity index is 2.07. The maximum absolute atomic E-state index is 9.40. The van der Waals surface area contributed by atoms with Gasteiger partial charge in [-0.3, -0.25) is 4.98 Å². The van der Waals surface area contributed by atoms with Gasteiger partial charge >= 0.3 is 0 Å². The second-order valence-corrected chi connectivity index (χ2v) is 3.72. The van der Waals surface area contributed by atoms with Crippen LogP contribution in [0.2, 0.25) is 0 Å². The monoisotopic (exact) mass is 217 g/mol. The smallest absolute Gasteiger partial charge is 0.185 e. The van der Waals surface area contributed by atoms with Crippen molar-refractivity contribution in [3.8, 4) is 5.75 Å². The Morgan fingerprint density at radius 1 is 1.19 bits per heavy atom. The van der Waals surface area contributed by atoms with Gasteiger partial charge in [0.05, 0.1) is 18.7 Å². The molecule has 0 aliphatic carbocycles. The van der Waals surface area contributed by atoms with Crippen LogP contribution in [0.25, 0.3) is 10.9 Å². The molecule has 0 unspecified atom stereocenters. The number of hydrogen-bond acceptors (Lipinski definition) is 4. The summed E-state index contributed by atoms with van der Waals surface area (Å²) in [5.41, 5.74) is 1.73. The van der Waals surface area contributed by atoms with Gasteiger partial charge in [0.15, 0.2) is 6.29 Å². The minimum atomic E-state index is -0.320. The largest absolute Gasteiger partial charge is 0.508 e. The Hall–Kier alpha value is -1.65. The number of ether oxygens (including phenoxy) is 2. The van der Waals surface area contributed by atoms with Gasteiger partial charge in [0.25, 0.3) is 0 Å². The summed E-state index contributed by atoms with van der Waals surface area (Å²) in [7, 11) is 0. The van der Waals surface area contributed by atoms with Gasteiger partial charge in [0.1, 0.15) is 5.75 Å². The fraction of sp³-hybridized carbons (Fsp3) is 0.250. The van der Waals surface area contributed by atoms with Gasteiger partial charge in [-0.2, -0.15) is 0 Å². The molecule has 16 heavy (non-hydrogen) atoms. The van der Waals surface area contributed by atoms with Crippen LogP contribution in [-0.4, -0.2) is 23.3 Å². The van der Waals surface area contributed by atoms with Crippen molar-refractivity contribution in [2.24, 2.45) is 0 Å². The summed E-state index contributed by atoms with van der Waals surface area (Å²) in [6.07, 6.45) is 1.43. The van der Waals surface area contributed by atoms with E-state index in [9.17, 15) is 5.11 Å². The molecule has 82 valence electrons. The van der Waals surface area contributed by atoms with Crippen LogP contribution >= 0.6 is 0 Å². The summed E-state index contributed by atoms with van der Waals surface area (Å²) < 4.78 is 10.8. The summed E-state index contributed by atoms with van der Waals surface area (Å²) >= 11 is 0. The molecule has 0 bridgehead atoms. The molecule has 1 aliphatic rings. The number of benzene rings is 1. The highest BCUT2D eigenvalue weighted by Crippen LogP contribution is 2.26. The highest BCUT2D eigenvalue weighted by Gasteiger charge is 2.18. The maximum atomic E-state index is 9.40. The number of aromatic nitrogens is 1. The van der Waals surface area contributed by atoms with Crippen LogP contribution in [-0.2, 0) is 9.47 Å². The lowest BCUT2D eigenvalue weighted by molar-refractivity contribution is -0.0442. The standard InChI is InChI=1S/C12H11NO3/c14-10-1-2-11-8(6-10)5-9(7-13-11)12-15-3-4-16-12/h1-2,5-7,12,14H,3-4H2. The van der Waals surface area contributed by atoms with Crippen LogP contribution < -0.4 is 0 Å². The van der Waals surface area contributed by atoms with Crippen molar-refractivity contribution in [1.82, 2.24) is 4.98 Å². The molecule has 0 amide bonds. The molecule has 1 aliphatic heterocycles. The lowest BCUT2D eigenvalue weighted by Gasteiger charge is -2.09. The van der Waals surface area contributed by atoms with Gasteiger partial charge < -0.3 is 14.6 Å². The zero-order valence-electron chi connectivity index (χ0n) is 8.59. The van der Waals surface area contributed by atoms with Gasteiger partial charge in [0, 0.05) is 17.1 Å². The first kappa shape index (κ1) is 9.57. The van der Waals surface area contributed by atoms with E-state index >= 15 is 0 Å². The van der Waals surface area contributed by atoms with Gasteiger partial charge in [0.2, 0.25) is 0 Å². The van der Waals surface area contributed by atoms with Crippen LogP contribution in [0.5, 0.6) is 5.75 Å². The molecule has 0 atom stereocenters. The average molecular weight is 217 g/mol. The number of rotatable bonds is 1. The Bertz CT molecular complexity index is 521. The van der Waals surface area contributed by atoms with Gasteiger partial charge in [-0.25, -0.2) is 0 Å². The summed E-state index contributed by atoms with van der Waals surface area (Å²) in [5, 5.41) is 10.3. The first-order valence-electron chi connectivity index (χ1n) is 5.15. The SMILES string of the molecule is Oc1ccc2ncc(C3OCCO3)cc2c1. The van der Waals surface area contributed by atoms with Crippen LogP contribution in [0.15, 0.2) is 30.5 Å². The molecule has 4 heteroatoms. The summed E-state index contributed by atoms with van der Waals surface area (Å²) in [5.74, 6) is 0.236. The Morgan fingerprint density at radius 3 is 2.81 bits per heavy atom. The molecule has 1 N–H and O–H groups in total. The summed E-state index contributed by atoms with van der Waals surface area (Å²) in [4.78, 5) is 4.30. The number of nitrogens with zero attached hydrogens (tertiary/aromatic N) is 1. The van der Waals surface area contributed by atoms with E-state index in [1.54, 1.807) is 24.4 Å². The maximum Gasteiger partial charge on any atom is 0.185 e. The van der Waals surface area contributed by atoms with Gasteiger partial charge in [-0.15, -0.1) is 0 Å². The quantitative estimate of drug-likeness (QED) is 0.793. The molecule has 1 saturated heterocycles. The molecule has 0 spiro atoms. The third-order valence-corrected chi connectivity index (χ3v) is 2.58. The van der Waals surface area contributed by atoms with Crippen molar-refractivity contribution < 1.29 is 14.6 Å². The Morgan fingerprint density at radius 2 is 2.00 bits per heavy atom. The number of fused-ring (bicyclic) bond motifs is 1. The molecule has 4 nitrogen and oxygen atoms in total. The Labute approximate surface area is 92.4 Å². The summed E-state index contributed by atoms with van der Waals surface area (Å²) in [6, 6.07) is 7.02. The van der Waals surface area contributed by atoms with E-state index in [2.05, 4.69) is 4.98 Å². The lowest BCUT2D eigenvalue weighted by Crippen LogP contribution is -1.98. The molecule has 2 heterocycles. The number of pyridine rings is 1. The number of aromatic hydroxyl groups is 1. The zero-order valence-corrected chi connectivity index (χ0v) is 8.59. The van der Waals surface area contributed by atoms with Gasteiger partial charge in [-0.05, 0) is 24.3 Å². The highest BCUT2D eigenvalue weighted by atomic mass is 16.7. The molecule has 0 saturated carbocycles. The third kappa shape index (κ3) is 1.62. The molecule has 3 rings (SSSR count). The van der Waals surface area contributed by atoms with E-state index < -0.39 is 0 Å². The molecule has 0 radical (unpaired) electrons. The molecular formula is C12H11NO3. The van der Waals surface area contributed by atoms with Crippen molar-refractivity contribution in [2.75, 3.05) is 13.2 Å². The van der Waals surface area contributed by atoms with Crippen LogP contribution in [0.4, 0.5) is 0 Å². The fourth-order valence-corrected chi connectivity index (χ4v) is 1.82. The topological polar surface area (TPSA) is 51.6 Å². The predicted molar refractivity (Wildman–Crippen MR) is 58.1 cm³/mol. The van der Waals surface area contributed by atoms with Crippen molar-refractivity contribution in [3.05, 3.63) is 36.0 Å². The first-order valence-corrected chi connectivity index (χ1v) is 5.15. The minimum Gasteiger partial charge on any atom is -0.508 e. The number of phenolic OH excluding ortho intramolecular Hbond substituents is 1. The number of hydrogen-bond donors (Lipinski definition) is 1.